The molecule has 0 fully saturated rings. The smallest absolute Gasteiger partial charge is 0.251 e. The lowest BCUT2D eigenvalue weighted by Gasteiger charge is -2.08. The second kappa shape index (κ2) is 8.65. The number of hydrogen-bond acceptors (Lipinski definition) is 4. The standard InChI is InChI=1S/C21H21NO3S/c1-2-25-17-10-8-16(9-11-17)21(24)22-14-18-12-13-19(26-18)20(23)15-6-4-3-5-7-15/h3-13,20,23H,2,14H2,1H3,(H,22,24). The number of aliphatic hydroxyl groups excluding tert-OH is 1. The molecule has 1 aromatic heterocycles. The van der Waals surface area contributed by atoms with Crippen molar-refractivity contribution in [2.24, 2.45) is 0 Å². The van der Waals surface area contributed by atoms with Crippen molar-refractivity contribution in [3.63, 3.8) is 0 Å². The van der Waals surface area contributed by atoms with Crippen LogP contribution in [0.3, 0.4) is 0 Å². The summed E-state index contributed by atoms with van der Waals surface area (Å²) in [6, 6.07) is 20.5. The van der Waals surface area contributed by atoms with Crippen LogP contribution in [0.5, 0.6) is 5.75 Å². The van der Waals surface area contributed by atoms with Crippen LogP contribution in [0.1, 0.15) is 38.7 Å². The molecule has 2 aromatic carbocycles. The third-order valence-electron chi connectivity index (χ3n) is 3.92. The van der Waals surface area contributed by atoms with Crippen LogP contribution in [-0.4, -0.2) is 17.6 Å². The molecule has 2 N–H and O–H groups in total. The zero-order valence-electron chi connectivity index (χ0n) is 14.5. The van der Waals surface area contributed by atoms with E-state index in [4.69, 9.17) is 4.74 Å². The average molecular weight is 367 g/mol. The molecule has 1 amide bonds. The highest BCUT2D eigenvalue weighted by atomic mass is 32.1. The fraction of sp³-hybridized carbons (Fsp3) is 0.190. The molecule has 0 saturated heterocycles. The number of ether oxygens (including phenoxy) is 1. The first-order valence-corrected chi connectivity index (χ1v) is 9.31. The van der Waals surface area contributed by atoms with Crippen LogP contribution in [0.15, 0.2) is 66.7 Å². The molecule has 1 heterocycles. The van der Waals surface area contributed by atoms with Crippen molar-refractivity contribution in [2.45, 2.75) is 19.6 Å². The lowest BCUT2D eigenvalue weighted by molar-refractivity contribution is 0.0951. The van der Waals surface area contributed by atoms with Crippen LogP contribution < -0.4 is 10.1 Å². The van der Waals surface area contributed by atoms with E-state index in [-0.39, 0.29) is 5.91 Å². The van der Waals surface area contributed by atoms with Gasteiger partial charge in [-0.3, -0.25) is 4.79 Å². The van der Waals surface area contributed by atoms with Crippen molar-refractivity contribution in [3.05, 3.63) is 87.6 Å². The maximum absolute atomic E-state index is 12.3. The van der Waals surface area contributed by atoms with E-state index in [9.17, 15) is 9.90 Å². The van der Waals surface area contributed by atoms with Gasteiger partial charge in [0, 0.05) is 15.3 Å². The molecule has 3 aromatic rings. The van der Waals surface area contributed by atoms with Crippen LogP contribution in [0.25, 0.3) is 0 Å². The van der Waals surface area contributed by atoms with Gasteiger partial charge < -0.3 is 15.2 Å². The highest BCUT2D eigenvalue weighted by Crippen LogP contribution is 2.28. The number of rotatable bonds is 7. The molecule has 134 valence electrons. The van der Waals surface area contributed by atoms with E-state index in [0.29, 0.717) is 18.7 Å². The summed E-state index contributed by atoms with van der Waals surface area (Å²) in [5.74, 6) is 0.619. The summed E-state index contributed by atoms with van der Waals surface area (Å²) in [6.07, 6.45) is -0.642. The van der Waals surface area contributed by atoms with Crippen LogP contribution in [-0.2, 0) is 6.54 Å². The number of hydrogen-bond donors (Lipinski definition) is 2. The van der Waals surface area contributed by atoms with Crippen molar-refractivity contribution >= 4 is 17.2 Å². The fourth-order valence-electron chi connectivity index (χ4n) is 2.57. The van der Waals surface area contributed by atoms with Crippen molar-refractivity contribution in [2.75, 3.05) is 6.61 Å². The van der Waals surface area contributed by atoms with E-state index >= 15 is 0 Å². The third kappa shape index (κ3) is 4.50. The number of benzene rings is 2. The molecule has 0 saturated carbocycles. The van der Waals surface area contributed by atoms with Crippen LogP contribution in [0, 0.1) is 0 Å². The third-order valence-corrected chi connectivity index (χ3v) is 5.06. The van der Waals surface area contributed by atoms with Gasteiger partial charge in [0.05, 0.1) is 13.2 Å². The Hall–Kier alpha value is -2.63. The predicted molar refractivity (Wildman–Crippen MR) is 104 cm³/mol. The van der Waals surface area contributed by atoms with Gasteiger partial charge in [-0.05, 0) is 48.9 Å². The zero-order valence-corrected chi connectivity index (χ0v) is 15.3. The number of carbonyl (C=O) groups excluding carboxylic acids is 1. The lowest BCUT2D eigenvalue weighted by Crippen LogP contribution is -2.22. The van der Waals surface area contributed by atoms with Gasteiger partial charge >= 0.3 is 0 Å². The van der Waals surface area contributed by atoms with E-state index in [1.807, 2.05) is 49.4 Å². The first kappa shape index (κ1) is 18.2. The predicted octanol–water partition coefficient (Wildman–Crippen LogP) is 4.16. The summed E-state index contributed by atoms with van der Waals surface area (Å²) in [6.45, 7) is 2.95. The molecule has 1 atom stereocenters. The van der Waals surface area contributed by atoms with Crippen LogP contribution >= 0.6 is 11.3 Å². The molecule has 0 spiro atoms. The molecule has 26 heavy (non-hydrogen) atoms. The summed E-state index contributed by atoms with van der Waals surface area (Å²) < 4.78 is 5.38. The highest BCUT2D eigenvalue weighted by Gasteiger charge is 2.13. The van der Waals surface area contributed by atoms with Gasteiger partial charge in [-0.15, -0.1) is 11.3 Å². The number of carbonyl (C=O) groups is 1. The summed E-state index contributed by atoms with van der Waals surface area (Å²) in [4.78, 5) is 14.1. The molecular formula is C21H21NO3S. The fourth-order valence-corrected chi connectivity index (χ4v) is 3.54. The molecule has 1 unspecified atom stereocenters. The molecule has 4 nitrogen and oxygen atoms in total. The van der Waals surface area contributed by atoms with E-state index in [2.05, 4.69) is 5.32 Å². The Labute approximate surface area is 157 Å². The summed E-state index contributed by atoms with van der Waals surface area (Å²) >= 11 is 1.50. The Bertz CT molecular complexity index is 843. The molecule has 5 heteroatoms. The Morgan fingerprint density at radius 1 is 1.08 bits per heavy atom. The Morgan fingerprint density at radius 2 is 1.81 bits per heavy atom. The van der Waals surface area contributed by atoms with Crippen molar-refractivity contribution < 1.29 is 14.6 Å². The molecule has 0 aliphatic carbocycles. The monoisotopic (exact) mass is 367 g/mol. The van der Waals surface area contributed by atoms with Gasteiger partial charge in [0.15, 0.2) is 0 Å². The first-order chi connectivity index (χ1) is 12.7. The summed E-state index contributed by atoms with van der Waals surface area (Å²) in [7, 11) is 0. The maximum Gasteiger partial charge on any atom is 0.251 e. The Morgan fingerprint density at radius 3 is 2.50 bits per heavy atom. The molecule has 0 aliphatic rings. The molecule has 0 radical (unpaired) electrons. The molecule has 0 aliphatic heterocycles. The summed E-state index contributed by atoms with van der Waals surface area (Å²) in [5.41, 5.74) is 1.45. The Kier molecular flexibility index (Phi) is 6.04. The van der Waals surface area contributed by atoms with Gasteiger partial charge in [0.1, 0.15) is 11.9 Å². The zero-order chi connectivity index (χ0) is 18.4. The van der Waals surface area contributed by atoms with Crippen molar-refractivity contribution in [1.29, 1.82) is 0 Å². The second-order valence-electron chi connectivity index (χ2n) is 5.76. The van der Waals surface area contributed by atoms with E-state index in [0.717, 1.165) is 21.1 Å². The normalized spacial score (nSPS) is 11.8. The second-order valence-corrected chi connectivity index (χ2v) is 6.96. The number of amides is 1. The number of nitrogens with one attached hydrogen (secondary N) is 1. The SMILES string of the molecule is CCOc1ccc(C(=O)NCc2ccc(C(O)c3ccccc3)s2)cc1. The minimum absolute atomic E-state index is 0.133. The number of thiophene rings is 1. The quantitative estimate of drug-likeness (QED) is 0.659. The lowest BCUT2D eigenvalue weighted by atomic mass is 10.1. The van der Waals surface area contributed by atoms with E-state index in [1.54, 1.807) is 24.3 Å². The summed E-state index contributed by atoms with van der Waals surface area (Å²) in [5, 5.41) is 13.3. The van der Waals surface area contributed by atoms with Crippen LogP contribution in [0.4, 0.5) is 0 Å². The molecular weight excluding hydrogens is 346 g/mol. The van der Waals surface area contributed by atoms with Gasteiger partial charge in [0.25, 0.3) is 5.91 Å². The van der Waals surface area contributed by atoms with Gasteiger partial charge in [-0.2, -0.15) is 0 Å². The number of aliphatic hydroxyl groups is 1. The van der Waals surface area contributed by atoms with Gasteiger partial charge in [-0.25, -0.2) is 0 Å². The van der Waals surface area contributed by atoms with Crippen molar-refractivity contribution in [1.82, 2.24) is 5.32 Å². The topological polar surface area (TPSA) is 58.6 Å². The minimum Gasteiger partial charge on any atom is -0.494 e. The Balaban J connectivity index is 1.58. The minimum atomic E-state index is -0.642. The highest BCUT2D eigenvalue weighted by molar-refractivity contribution is 7.12. The van der Waals surface area contributed by atoms with E-state index in [1.165, 1.54) is 11.3 Å². The maximum atomic E-state index is 12.3. The molecule has 3 rings (SSSR count). The molecule has 0 bridgehead atoms. The van der Waals surface area contributed by atoms with E-state index < -0.39 is 6.10 Å². The van der Waals surface area contributed by atoms with Crippen molar-refractivity contribution in [3.8, 4) is 5.75 Å². The average Bonchev–Trinajstić information content (AvgIpc) is 3.16. The largest absolute Gasteiger partial charge is 0.494 e. The van der Waals surface area contributed by atoms with Gasteiger partial charge in [0.2, 0.25) is 0 Å². The van der Waals surface area contributed by atoms with Crippen LogP contribution in [0.2, 0.25) is 0 Å². The first-order valence-electron chi connectivity index (χ1n) is 8.50. The van der Waals surface area contributed by atoms with Gasteiger partial charge in [-0.1, -0.05) is 30.3 Å².